The van der Waals surface area contributed by atoms with Crippen LogP contribution in [0.5, 0.6) is 0 Å². The van der Waals surface area contributed by atoms with E-state index >= 15 is 0 Å². The maximum absolute atomic E-state index is 12.7. The number of fused-ring (bicyclic) bond motifs is 2. The van der Waals surface area contributed by atoms with Gasteiger partial charge in [-0.25, -0.2) is 5.43 Å². The zero-order valence-corrected chi connectivity index (χ0v) is 19.2. The molecule has 3 aromatic carbocycles. The first-order valence-electron chi connectivity index (χ1n) is 10.7. The fourth-order valence-electron chi connectivity index (χ4n) is 4.86. The average molecular weight is 434 g/mol. The lowest BCUT2D eigenvalue weighted by atomic mass is 9.79. The number of hydrogen-bond acceptors (Lipinski definition) is 3. The monoisotopic (exact) mass is 433 g/mol. The summed E-state index contributed by atoms with van der Waals surface area (Å²) in [6, 6.07) is 17.6. The second-order valence-electron chi connectivity index (χ2n) is 8.82. The predicted molar refractivity (Wildman–Crippen MR) is 131 cm³/mol. The molecule has 0 saturated heterocycles. The van der Waals surface area contributed by atoms with Gasteiger partial charge in [0.15, 0.2) is 0 Å². The zero-order valence-electron chi connectivity index (χ0n) is 18.4. The van der Waals surface area contributed by atoms with Gasteiger partial charge in [0, 0.05) is 28.9 Å². The quantitative estimate of drug-likeness (QED) is 0.383. The van der Waals surface area contributed by atoms with Gasteiger partial charge in [-0.05, 0) is 67.6 Å². The predicted octanol–water partition coefficient (Wildman–Crippen LogP) is 6.37. The minimum atomic E-state index is -0.241. The van der Waals surface area contributed by atoms with Crippen LogP contribution in [0.25, 0.3) is 10.8 Å². The summed E-state index contributed by atoms with van der Waals surface area (Å²) in [5, 5.41) is 6.76. The Morgan fingerprint density at radius 3 is 2.74 bits per heavy atom. The number of rotatable bonds is 4. The molecule has 31 heavy (non-hydrogen) atoms. The van der Waals surface area contributed by atoms with Crippen LogP contribution < -0.4 is 10.3 Å². The lowest BCUT2D eigenvalue weighted by Crippen LogP contribution is -2.48. The smallest absolute Gasteiger partial charge is 0.271 e. The van der Waals surface area contributed by atoms with E-state index < -0.39 is 0 Å². The average Bonchev–Trinajstić information content (AvgIpc) is 2.73. The van der Waals surface area contributed by atoms with Crippen LogP contribution in [0, 0.1) is 0 Å². The van der Waals surface area contributed by atoms with Crippen molar-refractivity contribution in [2.75, 3.05) is 11.4 Å². The highest BCUT2D eigenvalue weighted by molar-refractivity contribution is 6.33. The van der Waals surface area contributed by atoms with E-state index in [2.05, 4.69) is 49.2 Å². The highest BCUT2D eigenvalue weighted by Crippen LogP contribution is 2.44. The summed E-state index contributed by atoms with van der Waals surface area (Å²) >= 11 is 6.60. The lowest BCUT2D eigenvalue weighted by molar-refractivity contribution is 0.0957. The van der Waals surface area contributed by atoms with Crippen molar-refractivity contribution in [2.24, 2.45) is 5.10 Å². The van der Waals surface area contributed by atoms with Crippen molar-refractivity contribution in [3.05, 3.63) is 76.3 Å². The van der Waals surface area contributed by atoms with E-state index in [1.165, 1.54) is 11.3 Å². The minimum absolute atomic E-state index is 0.0898. The fraction of sp³-hybridized carbons (Fsp3) is 0.308. The molecule has 0 fully saturated rings. The molecule has 0 aliphatic carbocycles. The summed E-state index contributed by atoms with van der Waals surface area (Å²) in [4.78, 5) is 15.1. The van der Waals surface area contributed by atoms with E-state index in [1.54, 1.807) is 6.21 Å². The number of carbonyl (C=O) groups excluding carboxylic acids is 1. The summed E-state index contributed by atoms with van der Waals surface area (Å²) in [6.07, 6.45) is 2.71. The summed E-state index contributed by atoms with van der Waals surface area (Å²) in [7, 11) is 0. The van der Waals surface area contributed by atoms with E-state index in [9.17, 15) is 4.79 Å². The second-order valence-corrected chi connectivity index (χ2v) is 9.23. The van der Waals surface area contributed by atoms with Gasteiger partial charge < -0.3 is 4.90 Å². The van der Waals surface area contributed by atoms with Gasteiger partial charge in [0.25, 0.3) is 5.91 Å². The van der Waals surface area contributed by atoms with Crippen molar-refractivity contribution in [2.45, 2.75) is 45.6 Å². The van der Waals surface area contributed by atoms with Crippen LogP contribution in [0.4, 0.5) is 5.69 Å². The van der Waals surface area contributed by atoms with Crippen LogP contribution in [-0.2, 0) is 0 Å². The highest BCUT2D eigenvalue weighted by atomic mass is 35.5. The number of amides is 1. The molecule has 1 heterocycles. The summed E-state index contributed by atoms with van der Waals surface area (Å²) in [6.45, 7) is 9.92. The highest BCUT2D eigenvalue weighted by Gasteiger charge is 2.35. The van der Waals surface area contributed by atoms with Gasteiger partial charge in [0.05, 0.1) is 11.2 Å². The SMILES string of the molecule is CCN1c2cc(Cl)c(/C=N\NC(=O)c3cccc4ccccc34)cc2C(C)CC1(C)C. The first-order chi connectivity index (χ1) is 14.8. The van der Waals surface area contributed by atoms with Crippen LogP contribution in [-0.4, -0.2) is 24.2 Å². The zero-order chi connectivity index (χ0) is 22.2. The van der Waals surface area contributed by atoms with E-state index in [0.29, 0.717) is 16.5 Å². The molecular formula is C26H28ClN3O. The molecule has 0 radical (unpaired) electrons. The molecular weight excluding hydrogens is 406 g/mol. The van der Waals surface area contributed by atoms with Gasteiger partial charge in [-0.1, -0.05) is 54.9 Å². The number of nitrogens with zero attached hydrogens (tertiary/aromatic N) is 2. The second kappa shape index (κ2) is 8.35. The number of nitrogens with one attached hydrogen (secondary N) is 1. The molecule has 4 rings (SSSR count). The molecule has 1 unspecified atom stereocenters. The minimum Gasteiger partial charge on any atom is -0.366 e. The van der Waals surface area contributed by atoms with Gasteiger partial charge in [-0.15, -0.1) is 0 Å². The molecule has 0 aromatic heterocycles. The molecule has 0 saturated carbocycles. The number of hydrogen-bond donors (Lipinski definition) is 1. The first-order valence-corrected chi connectivity index (χ1v) is 11.1. The van der Waals surface area contributed by atoms with Crippen molar-refractivity contribution in [1.29, 1.82) is 0 Å². The van der Waals surface area contributed by atoms with Gasteiger partial charge in [0.1, 0.15) is 0 Å². The third kappa shape index (κ3) is 4.05. The Bertz CT molecular complexity index is 1160. The van der Waals surface area contributed by atoms with Crippen LogP contribution in [0.2, 0.25) is 5.02 Å². The van der Waals surface area contributed by atoms with Crippen molar-refractivity contribution in [3.63, 3.8) is 0 Å². The number of halogens is 1. The summed E-state index contributed by atoms with van der Waals surface area (Å²) in [5.74, 6) is 0.178. The topological polar surface area (TPSA) is 44.7 Å². The van der Waals surface area contributed by atoms with Crippen LogP contribution in [0.1, 0.15) is 61.5 Å². The fourth-order valence-corrected chi connectivity index (χ4v) is 5.07. The molecule has 1 aliphatic rings. The van der Waals surface area contributed by atoms with Crippen molar-refractivity contribution in [3.8, 4) is 0 Å². The van der Waals surface area contributed by atoms with E-state index in [1.807, 2.05) is 48.5 Å². The normalized spacial score (nSPS) is 17.7. The number of benzene rings is 3. The summed E-state index contributed by atoms with van der Waals surface area (Å²) < 4.78 is 0. The first kappa shape index (κ1) is 21.4. The van der Waals surface area contributed by atoms with Crippen LogP contribution >= 0.6 is 11.6 Å². The van der Waals surface area contributed by atoms with Crippen LogP contribution in [0.15, 0.2) is 59.7 Å². The Balaban J connectivity index is 1.59. The molecule has 3 aromatic rings. The van der Waals surface area contributed by atoms with E-state index in [0.717, 1.165) is 29.3 Å². The Hall–Kier alpha value is -2.85. The Labute approximate surface area is 188 Å². The maximum atomic E-state index is 12.7. The number of anilines is 1. The number of hydrazone groups is 1. The molecule has 0 bridgehead atoms. The maximum Gasteiger partial charge on any atom is 0.271 e. The summed E-state index contributed by atoms with van der Waals surface area (Å²) in [5.41, 5.74) is 6.61. The molecule has 5 heteroatoms. The Morgan fingerprint density at radius 1 is 1.23 bits per heavy atom. The molecule has 160 valence electrons. The van der Waals surface area contributed by atoms with E-state index in [4.69, 9.17) is 11.6 Å². The van der Waals surface area contributed by atoms with Gasteiger partial charge in [-0.2, -0.15) is 5.10 Å². The van der Waals surface area contributed by atoms with Gasteiger partial charge >= 0.3 is 0 Å². The molecule has 1 N–H and O–H groups in total. The van der Waals surface area contributed by atoms with Crippen LogP contribution in [0.3, 0.4) is 0 Å². The molecule has 0 spiro atoms. The largest absolute Gasteiger partial charge is 0.366 e. The molecule has 1 aliphatic heterocycles. The standard InChI is InChI=1S/C26H28ClN3O/c1-5-30-24-14-23(27)19(13-22(24)17(2)15-26(30,3)4)16-28-29-25(31)21-12-8-10-18-9-6-7-11-20(18)21/h6-14,16-17H,5,15H2,1-4H3,(H,29,31)/b28-16-. The molecule has 4 nitrogen and oxygen atoms in total. The molecule has 1 atom stereocenters. The van der Waals surface area contributed by atoms with Crippen molar-refractivity contribution < 1.29 is 4.79 Å². The Kier molecular flexibility index (Phi) is 5.76. The third-order valence-corrected chi connectivity index (χ3v) is 6.55. The molecule has 1 amide bonds. The van der Waals surface area contributed by atoms with Gasteiger partial charge in [-0.3, -0.25) is 4.79 Å². The van der Waals surface area contributed by atoms with Crippen molar-refractivity contribution >= 4 is 40.2 Å². The Morgan fingerprint density at radius 2 is 1.97 bits per heavy atom. The van der Waals surface area contributed by atoms with Gasteiger partial charge in [0.2, 0.25) is 0 Å². The number of carbonyl (C=O) groups is 1. The lowest BCUT2D eigenvalue weighted by Gasteiger charge is -2.47. The van der Waals surface area contributed by atoms with Crippen molar-refractivity contribution in [1.82, 2.24) is 5.43 Å². The third-order valence-electron chi connectivity index (χ3n) is 6.22. The van der Waals surface area contributed by atoms with E-state index in [-0.39, 0.29) is 11.4 Å².